The van der Waals surface area contributed by atoms with Gasteiger partial charge in [0.1, 0.15) is 5.76 Å². The molecule has 7 heteroatoms. The van der Waals surface area contributed by atoms with Crippen LogP contribution in [0.15, 0.2) is 34.9 Å². The van der Waals surface area contributed by atoms with Crippen LogP contribution in [0.2, 0.25) is 0 Å². The van der Waals surface area contributed by atoms with Gasteiger partial charge in [0.05, 0.1) is 0 Å². The summed E-state index contributed by atoms with van der Waals surface area (Å²) in [7, 11) is 0. The van der Waals surface area contributed by atoms with Crippen molar-refractivity contribution in [2.75, 3.05) is 18.4 Å². The second-order valence-electron chi connectivity index (χ2n) is 7.26. The van der Waals surface area contributed by atoms with Crippen molar-refractivity contribution >= 4 is 23.4 Å². The van der Waals surface area contributed by atoms with Crippen molar-refractivity contribution in [3.05, 3.63) is 47.2 Å². The lowest BCUT2D eigenvalue weighted by atomic mass is 9.95. The lowest BCUT2D eigenvalue weighted by Crippen LogP contribution is -2.41. The van der Waals surface area contributed by atoms with Crippen molar-refractivity contribution in [2.45, 2.75) is 39.5 Å². The summed E-state index contributed by atoms with van der Waals surface area (Å²) < 4.78 is 4.94. The topological polar surface area (TPSA) is 92.5 Å². The summed E-state index contributed by atoms with van der Waals surface area (Å²) in [6.45, 7) is 4.77. The Hall–Kier alpha value is -2.96. The molecule has 1 aromatic carbocycles. The minimum atomic E-state index is -0.157. The molecule has 1 aliphatic rings. The number of amides is 2. The summed E-state index contributed by atoms with van der Waals surface area (Å²) in [5.74, 6) is 0.730. The predicted octanol–water partition coefficient (Wildman–Crippen LogP) is 3.13. The van der Waals surface area contributed by atoms with Crippen LogP contribution in [-0.4, -0.2) is 40.7 Å². The largest absolute Gasteiger partial charge is 0.360 e. The van der Waals surface area contributed by atoms with Crippen LogP contribution in [0.3, 0.4) is 0 Å². The van der Waals surface area contributed by atoms with Gasteiger partial charge in [0.2, 0.25) is 11.8 Å². The van der Waals surface area contributed by atoms with E-state index in [0.717, 1.165) is 5.56 Å². The molecule has 1 aromatic heterocycles. The number of anilines is 1. The minimum Gasteiger partial charge on any atom is -0.360 e. The molecule has 2 heterocycles. The van der Waals surface area contributed by atoms with Gasteiger partial charge in [0.25, 0.3) is 0 Å². The average Bonchev–Trinajstić information content (AvgIpc) is 3.11. The lowest BCUT2D eigenvalue weighted by molar-refractivity contribution is -0.134. The van der Waals surface area contributed by atoms with Gasteiger partial charge < -0.3 is 14.7 Å². The van der Waals surface area contributed by atoms with Gasteiger partial charge in [0, 0.05) is 43.5 Å². The first-order valence-corrected chi connectivity index (χ1v) is 9.54. The Morgan fingerprint density at radius 1 is 1.11 bits per heavy atom. The van der Waals surface area contributed by atoms with Crippen molar-refractivity contribution in [3.63, 3.8) is 0 Å². The number of benzene rings is 1. The third kappa shape index (κ3) is 5.06. The molecule has 2 amide bonds. The summed E-state index contributed by atoms with van der Waals surface area (Å²) in [6, 6.07) is 9.04. The Morgan fingerprint density at radius 3 is 2.39 bits per heavy atom. The maximum absolute atomic E-state index is 12.4. The third-order valence-electron chi connectivity index (χ3n) is 5.04. The van der Waals surface area contributed by atoms with Crippen LogP contribution >= 0.6 is 0 Å². The fourth-order valence-corrected chi connectivity index (χ4v) is 3.31. The van der Waals surface area contributed by atoms with Crippen LogP contribution in [0.5, 0.6) is 0 Å². The number of piperidine rings is 1. The number of aryl methyl sites for hydroxylation is 2. The number of carbonyl (C=O) groups is 3. The van der Waals surface area contributed by atoms with Gasteiger partial charge in [0.15, 0.2) is 11.6 Å². The summed E-state index contributed by atoms with van der Waals surface area (Å²) in [5.41, 5.74) is 1.73. The van der Waals surface area contributed by atoms with E-state index in [1.165, 1.54) is 0 Å². The molecule has 0 aliphatic carbocycles. The molecule has 1 saturated heterocycles. The quantitative estimate of drug-likeness (QED) is 0.774. The van der Waals surface area contributed by atoms with Gasteiger partial charge in [-0.15, -0.1) is 0 Å². The van der Waals surface area contributed by atoms with E-state index in [0.29, 0.717) is 43.1 Å². The third-order valence-corrected chi connectivity index (χ3v) is 5.04. The second-order valence-corrected chi connectivity index (χ2v) is 7.26. The second kappa shape index (κ2) is 8.82. The first-order valence-electron chi connectivity index (χ1n) is 9.54. The molecule has 7 nitrogen and oxygen atoms in total. The minimum absolute atomic E-state index is 0.0227. The predicted molar refractivity (Wildman–Crippen MR) is 104 cm³/mol. The summed E-state index contributed by atoms with van der Waals surface area (Å²) in [6.07, 6.45) is 1.59. The molecular formula is C21H25N3O4. The molecule has 0 radical (unpaired) electrons. The number of nitrogens with one attached hydrogen (secondary N) is 1. The Morgan fingerprint density at radius 2 is 1.79 bits per heavy atom. The number of carbonyl (C=O) groups excluding carboxylic acids is 3. The smallest absolute Gasteiger partial charge is 0.228 e. The van der Waals surface area contributed by atoms with Crippen molar-refractivity contribution in [1.29, 1.82) is 0 Å². The first kappa shape index (κ1) is 19.8. The van der Waals surface area contributed by atoms with E-state index in [1.807, 2.05) is 19.1 Å². The van der Waals surface area contributed by atoms with Gasteiger partial charge in [-0.3, -0.25) is 14.4 Å². The monoisotopic (exact) mass is 383 g/mol. The molecule has 1 fully saturated rings. The molecule has 2 aromatic rings. The molecule has 0 bridgehead atoms. The van der Waals surface area contributed by atoms with Crippen LogP contribution in [-0.2, 0) is 9.59 Å². The highest BCUT2D eigenvalue weighted by molar-refractivity contribution is 5.98. The molecule has 28 heavy (non-hydrogen) atoms. The first-order chi connectivity index (χ1) is 13.4. The zero-order valence-corrected chi connectivity index (χ0v) is 16.2. The van der Waals surface area contributed by atoms with Crippen LogP contribution in [0.1, 0.15) is 47.4 Å². The molecule has 3 rings (SSSR count). The van der Waals surface area contributed by atoms with Gasteiger partial charge in [-0.05, 0) is 26.7 Å². The van der Waals surface area contributed by atoms with Gasteiger partial charge in [-0.2, -0.15) is 0 Å². The molecule has 0 unspecified atom stereocenters. The number of hydrogen-bond acceptors (Lipinski definition) is 5. The van der Waals surface area contributed by atoms with E-state index in [-0.39, 0.29) is 36.4 Å². The molecule has 0 atom stereocenters. The number of ketones is 1. The summed E-state index contributed by atoms with van der Waals surface area (Å²) in [4.78, 5) is 38.7. The normalized spacial score (nSPS) is 14.7. The number of likely N-dealkylation sites (tertiary alicyclic amines) is 1. The molecule has 1 N–H and O–H groups in total. The fourth-order valence-electron chi connectivity index (χ4n) is 3.31. The number of Topliss-reactive ketones (excluding diaryl/α,β-unsaturated/α-hetero) is 1. The maximum Gasteiger partial charge on any atom is 0.228 e. The van der Waals surface area contributed by atoms with Gasteiger partial charge >= 0.3 is 0 Å². The SMILES string of the molecule is Cc1ccc(C(=O)CCC(=O)N2CCC(C(=O)Nc3cc(C)on3)CC2)cc1. The molecule has 0 saturated carbocycles. The van der Waals surface area contributed by atoms with E-state index in [1.54, 1.807) is 30.0 Å². The van der Waals surface area contributed by atoms with Crippen molar-refractivity contribution < 1.29 is 18.9 Å². The fraction of sp³-hybridized carbons (Fsp3) is 0.429. The van der Waals surface area contributed by atoms with Crippen LogP contribution < -0.4 is 5.32 Å². The lowest BCUT2D eigenvalue weighted by Gasteiger charge is -2.31. The van der Waals surface area contributed by atoms with Crippen LogP contribution in [0.25, 0.3) is 0 Å². The van der Waals surface area contributed by atoms with E-state index >= 15 is 0 Å². The van der Waals surface area contributed by atoms with Crippen molar-refractivity contribution in [2.24, 2.45) is 5.92 Å². The van der Waals surface area contributed by atoms with Crippen molar-refractivity contribution in [1.82, 2.24) is 10.1 Å². The zero-order chi connectivity index (χ0) is 20.1. The van der Waals surface area contributed by atoms with E-state index in [9.17, 15) is 14.4 Å². The zero-order valence-electron chi connectivity index (χ0n) is 16.2. The number of hydrogen-bond donors (Lipinski definition) is 1. The van der Waals surface area contributed by atoms with Gasteiger partial charge in [-0.1, -0.05) is 35.0 Å². The maximum atomic E-state index is 12.4. The number of nitrogens with zero attached hydrogens (tertiary/aromatic N) is 2. The van der Waals surface area contributed by atoms with E-state index in [4.69, 9.17) is 4.52 Å². The Balaban J connectivity index is 1.42. The standard InChI is InChI=1S/C21H25N3O4/c1-14-3-5-16(6-4-14)18(25)7-8-20(26)24-11-9-17(10-12-24)21(27)22-19-13-15(2)28-23-19/h3-6,13,17H,7-12H2,1-2H3,(H,22,23,27). The highest BCUT2D eigenvalue weighted by Gasteiger charge is 2.28. The number of aromatic nitrogens is 1. The van der Waals surface area contributed by atoms with Crippen molar-refractivity contribution in [3.8, 4) is 0 Å². The number of rotatable bonds is 6. The highest BCUT2D eigenvalue weighted by atomic mass is 16.5. The molecular weight excluding hydrogens is 358 g/mol. The highest BCUT2D eigenvalue weighted by Crippen LogP contribution is 2.20. The Labute approximate surface area is 164 Å². The molecule has 148 valence electrons. The molecule has 1 aliphatic heterocycles. The van der Waals surface area contributed by atoms with E-state index < -0.39 is 0 Å². The van der Waals surface area contributed by atoms with Crippen LogP contribution in [0.4, 0.5) is 5.82 Å². The van der Waals surface area contributed by atoms with Crippen LogP contribution in [0, 0.1) is 19.8 Å². The van der Waals surface area contributed by atoms with Gasteiger partial charge in [-0.25, -0.2) is 0 Å². The Bertz CT molecular complexity index is 849. The Kier molecular flexibility index (Phi) is 6.23. The summed E-state index contributed by atoms with van der Waals surface area (Å²) >= 11 is 0. The molecule has 0 spiro atoms. The summed E-state index contributed by atoms with van der Waals surface area (Å²) in [5, 5.41) is 6.51. The average molecular weight is 383 g/mol. The van der Waals surface area contributed by atoms with E-state index in [2.05, 4.69) is 10.5 Å².